The van der Waals surface area contributed by atoms with Gasteiger partial charge in [0.2, 0.25) is 0 Å². The van der Waals surface area contributed by atoms with E-state index in [2.05, 4.69) is 33.2 Å². The normalized spacial score (nSPS) is 14.8. The minimum Gasteiger partial charge on any atom is -0.387 e. The highest BCUT2D eigenvalue weighted by molar-refractivity contribution is 9.10. The summed E-state index contributed by atoms with van der Waals surface area (Å²) in [6, 6.07) is 7.79. The van der Waals surface area contributed by atoms with E-state index >= 15 is 0 Å². The maximum atomic E-state index is 12.0. The van der Waals surface area contributed by atoms with Gasteiger partial charge in [0, 0.05) is 35.7 Å². The van der Waals surface area contributed by atoms with Crippen molar-refractivity contribution in [3.8, 4) is 0 Å². The van der Waals surface area contributed by atoms with Crippen molar-refractivity contribution in [2.24, 2.45) is 0 Å². The van der Waals surface area contributed by atoms with Crippen molar-refractivity contribution in [2.45, 2.75) is 12.5 Å². The van der Waals surface area contributed by atoms with Crippen LogP contribution in [0.25, 0.3) is 0 Å². The van der Waals surface area contributed by atoms with Crippen LogP contribution in [0, 0.1) is 0 Å². The highest BCUT2D eigenvalue weighted by atomic mass is 79.9. The van der Waals surface area contributed by atoms with Crippen molar-refractivity contribution in [1.82, 2.24) is 5.32 Å². The minimum atomic E-state index is -0.691. The Labute approximate surface area is 141 Å². The van der Waals surface area contributed by atoms with Crippen molar-refractivity contribution in [1.29, 1.82) is 0 Å². The topological polar surface area (TPSA) is 52.6 Å². The molecule has 0 aliphatic carbocycles. The van der Waals surface area contributed by atoms with Crippen LogP contribution in [0.15, 0.2) is 34.1 Å². The summed E-state index contributed by atoms with van der Waals surface area (Å²) in [4.78, 5) is 14.8. The molecule has 1 aliphatic heterocycles. The predicted octanol–water partition coefficient (Wildman–Crippen LogP) is 2.97. The number of halogens is 1. The van der Waals surface area contributed by atoms with Gasteiger partial charge in [0.05, 0.1) is 11.0 Å². The number of fused-ring (bicyclic) bond motifs is 1. The summed E-state index contributed by atoms with van der Waals surface area (Å²) < 4.78 is 0.894. The number of hydrogen-bond acceptors (Lipinski definition) is 4. The van der Waals surface area contributed by atoms with Gasteiger partial charge in [0.15, 0.2) is 0 Å². The zero-order valence-corrected chi connectivity index (χ0v) is 14.6. The Hall–Kier alpha value is -1.37. The van der Waals surface area contributed by atoms with E-state index in [0.717, 1.165) is 23.0 Å². The van der Waals surface area contributed by atoms with Crippen molar-refractivity contribution < 1.29 is 9.90 Å². The molecule has 3 rings (SSSR count). The third-order valence-electron chi connectivity index (χ3n) is 3.86. The van der Waals surface area contributed by atoms with Crippen molar-refractivity contribution in [3.05, 3.63) is 50.1 Å². The Morgan fingerprint density at radius 1 is 1.50 bits per heavy atom. The molecule has 0 unspecified atom stereocenters. The largest absolute Gasteiger partial charge is 0.387 e. The minimum absolute atomic E-state index is 0.157. The first-order valence-electron chi connectivity index (χ1n) is 7.09. The molecule has 2 aromatic rings. The second-order valence-corrected chi connectivity index (χ2v) is 7.24. The number of nitrogens with one attached hydrogen (secondary N) is 1. The molecule has 1 aromatic heterocycles. The van der Waals surface area contributed by atoms with Crippen LogP contribution in [0.5, 0.6) is 0 Å². The number of aliphatic hydroxyl groups is 1. The molecule has 4 nitrogen and oxygen atoms in total. The Balaban J connectivity index is 1.63. The molecule has 116 valence electrons. The predicted molar refractivity (Wildman–Crippen MR) is 92.7 cm³/mol. The Morgan fingerprint density at radius 3 is 3.05 bits per heavy atom. The van der Waals surface area contributed by atoms with Gasteiger partial charge in [-0.1, -0.05) is 12.1 Å². The smallest absolute Gasteiger partial charge is 0.261 e. The first-order chi connectivity index (χ1) is 10.5. The van der Waals surface area contributed by atoms with E-state index < -0.39 is 6.10 Å². The van der Waals surface area contributed by atoms with Crippen molar-refractivity contribution in [3.63, 3.8) is 0 Å². The molecule has 0 spiro atoms. The lowest BCUT2D eigenvalue weighted by molar-refractivity contribution is 0.0920. The molecule has 0 bridgehead atoms. The Morgan fingerprint density at radius 2 is 2.32 bits per heavy atom. The first-order valence-corrected chi connectivity index (χ1v) is 8.76. The third-order valence-corrected chi connectivity index (χ3v) is 5.55. The third kappa shape index (κ3) is 3.19. The number of benzene rings is 1. The van der Waals surface area contributed by atoms with Gasteiger partial charge in [0.1, 0.15) is 0 Å². The number of nitrogens with zero attached hydrogens (tertiary/aromatic N) is 1. The maximum Gasteiger partial charge on any atom is 0.261 e. The molecule has 2 N–H and O–H groups in total. The fraction of sp³-hybridized carbons (Fsp3) is 0.312. The molecule has 22 heavy (non-hydrogen) atoms. The van der Waals surface area contributed by atoms with Crippen molar-refractivity contribution in [2.75, 3.05) is 25.0 Å². The molecular formula is C16H17BrN2O2S. The standard InChI is InChI=1S/C16H17BrN2O2S/c1-19-5-4-10-6-11(2-3-13(10)19)14(20)8-18-16(21)15-7-12(17)9-22-15/h2-3,6-7,9,14,20H,4-5,8H2,1H3,(H,18,21)/t14-/m0/s1. The highest BCUT2D eigenvalue weighted by Gasteiger charge is 2.18. The second-order valence-electron chi connectivity index (χ2n) is 5.41. The van der Waals surface area contributed by atoms with Gasteiger partial charge in [-0.15, -0.1) is 11.3 Å². The van der Waals surface area contributed by atoms with Gasteiger partial charge < -0.3 is 15.3 Å². The van der Waals surface area contributed by atoms with Crippen LogP contribution in [0.2, 0.25) is 0 Å². The van der Waals surface area contributed by atoms with E-state index in [1.54, 1.807) is 6.07 Å². The molecular weight excluding hydrogens is 364 g/mol. The number of rotatable bonds is 4. The average Bonchev–Trinajstić information content (AvgIpc) is 3.11. The molecule has 1 atom stereocenters. The molecule has 0 fully saturated rings. The highest BCUT2D eigenvalue weighted by Crippen LogP contribution is 2.29. The van der Waals surface area contributed by atoms with Crippen molar-refractivity contribution >= 4 is 38.9 Å². The number of carbonyl (C=O) groups excluding carboxylic acids is 1. The lowest BCUT2D eigenvalue weighted by Crippen LogP contribution is -2.27. The summed E-state index contributed by atoms with van der Waals surface area (Å²) in [5, 5.41) is 14.9. The molecule has 2 heterocycles. The Kier molecular flexibility index (Phi) is 4.52. The molecule has 1 aliphatic rings. The summed E-state index contributed by atoms with van der Waals surface area (Å²) in [6.45, 7) is 1.22. The molecule has 0 saturated carbocycles. The van der Waals surface area contributed by atoms with E-state index in [0.29, 0.717) is 4.88 Å². The monoisotopic (exact) mass is 380 g/mol. The van der Waals surface area contributed by atoms with Crippen LogP contribution < -0.4 is 10.2 Å². The number of carbonyl (C=O) groups is 1. The van der Waals surface area contributed by atoms with Crippen LogP contribution >= 0.6 is 27.3 Å². The molecule has 0 radical (unpaired) electrons. The lowest BCUT2D eigenvalue weighted by Gasteiger charge is -2.15. The summed E-state index contributed by atoms with van der Waals surface area (Å²) in [5.41, 5.74) is 3.33. The molecule has 6 heteroatoms. The zero-order chi connectivity index (χ0) is 15.7. The molecule has 0 saturated heterocycles. The zero-order valence-electron chi connectivity index (χ0n) is 12.2. The SMILES string of the molecule is CN1CCc2cc([C@@H](O)CNC(=O)c3cc(Br)cs3)ccc21. The van der Waals surface area contributed by atoms with Crippen LogP contribution in [0.1, 0.15) is 26.9 Å². The Bertz CT molecular complexity index is 701. The van der Waals surface area contributed by atoms with Gasteiger partial charge in [0.25, 0.3) is 5.91 Å². The van der Waals surface area contributed by atoms with Gasteiger partial charge in [-0.2, -0.15) is 0 Å². The van der Waals surface area contributed by atoms with Crippen LogP contribution in [-0.4, -0.2) is 31.2 Å². The molecule has 1 amide bonds. The van der Waals surface area contributed by atoms with E-state index in [9.17, 15) is 9.90 Å². The summed E-state index contributed by atoms with van der Waals surface area (Å²) in [6.07, 6.45) is 0.311. The van der Waals surface area contributed by atoms with Gasteiger partial charge in [-0.25, -0.2) is 0 Å². The summed E-state index contributed by atoms with van der Waals surface area (Å²) in [5.74, 6) is -0.157. The van der Waals surface area contributed by atoms with Gasteiger partial charge >= 0.3 is 0 Å². The lowest BCUT2D eigenvalue weighted by atomic mass is 10.0. The van der Waals surface area contributed by atoms with Gasteiger partial charge in [-0.3, -0.25) is 4.79 Å². The van der Waals surface area contributed by atoms with Gasteiger partial charge in [-0.05, 0) is 45.6 Å². The van der Waals surface area contributed by atoms with E-state index in [-0.39, 0.29) is 12.5 Å². The maximum absolute atomic E-state index is 12.0. The van der Waals surface area contributed by atoms with Crippen LogP contribution in [-0.2, 0) is 6.42 Å². The fourth-order valence-corrected chi connectivity index (χ4v) is 3.96. The molecule has 1 aromatic carbocycles. The average molecular weight is 381 g/mol. The fourth-order valence-electron chi connectivity index (χ4n) is 2.62. The number of hydrogen-bond donors (Lipinski definition) is 2. The second kappa shape index (κ2) is 6.40. The van der Waals surface area contributed by atoms with E-state index in [1.807, 2.05) is 23.6 Å². The number of thiophene rings is 1. The number of aliphatic hydroxyl groups excluding tert-OH is 1. The number of likely N-dealkylation sites (N-methyl/N-ethyl adjacent to an activating group) is 1. The van der Waals surface area contributed by atoms with Crippen LogP contribution in [0.4, 0.5) is 5.69 Å². The van der Waals surface area contributed by atoms with E-state index in [1.165, 1.54) is 22.6 Å². The number of amides is 1. The number of anilines is 1. The first kappa shape index (κ1) is 15.5. The quantitative estimate of drug-likeness (QED) is 0.856. The van der Waals surface area contributed by atoms with Crippen LogP contribution in [0.3, 0.4) is 0 Å². The summed E-state index contributed by atoms with van der Waals surface area (Å²) >= 11 is 4.70. The van der Waals surface area contributed by atoms with E-state index in [4.69, 9.17) is 0 Å². The summed E-state index contributed by atoms with van der Waals surface area (Å²) in [7, 11) is 2.07.